The van der Waals surface area contributed by atoms with E-state index in [1.165, 1.54) is 23.3 Å². The van der Waals surface area contributed by atoms with Crippen LogP contribution >= 0.6 is 0 Å². The maximum absolute atomic E-state index is 13.0. The average Bonchev–Trinajstić information content (AvgIpc) is 2.85. The van der Waals surface area contributed by atoms with E-state index in [-0.39, 0.29) is 18.0 Å². The van der Waals surface area contributed by atoms with Crippen molar-refractivity contribution in [1.29, 1.82) is 0 Å². The zero-order valence-electron chi connectivity index (χ0n) is 20.4. The van der Waals surface area contributed by atoms with Crippen molar-refractivity contribution in [2.75, 3.05) is 32.8 Å². The first kappa shape index (κ1) is 25.5. The molecule has 2 fully saturated rings. The van der Waals surface area contributed by atoms with Crippen molar-refractivity contribution in [3.63, 3.8) is 0 Å². The van der Waals surface area contributed by atoms with E-state index in [2.05, 4.69) is 30.9 Å². The molecule has 2 N–H and O–H groups in total. The van der Waals surface area contributed by atoms with E-state index in [1.54, 1.807) is 4.90 Å². The second-order valence-corrected chi connectivity index (χ2v) is 9.56. The van der Waals surface area contributed by atoms with Crippen LogP contribution in [0.25, 0.3) is 0 Å². The molecular formula is C27H34F3N3O2. The Balaban J connectivity index is 1.45. The SMILES string of the molecule is Cc1c(OCCCN)ccc(C2CCC[C@H]3CN(C(=O)c4ccc(C(F)(F)F)cc4)CCN23)c1C. The van der Waals surface area contributed by atoms with E-state index in [4.69, 9.17) is 10.5 Å². The fraction of sp³-hybridized carbons (Fsp3) is 0.519. The molecule has 2 aromatic rings. The third kappa shape index (κ3) is 5.48. The highest BCUT2D eigenvalue weighted by Gasteiger charge is 2.38. The van der Waals surface area contributed by atoms with Crippen LogP contribution in [0, 0.1) is 13.8 Å². The first-order chi connectivity index (χ1) is 16.7. The summed E-state index contributed by atoms with van der Waals surface area (Å²) >= 11 is 0. The molecule has 0 aliphatic carbocycles. The van der Waals surface area contributed by atoms with E-state index >= 15 is 0 Å². The van der Waals surface area contributed by atoms with Crippen LogP contribution in [-0.2, 0) is 6.18 Å². The summed E-state index contributed by atoms with van der Waals surface area (Å²) in [6, 6.07) is 9.28. The van der Waals surface area contributed by atoms with Crippen LogP contribution in [0.2, 0.25) is 0 Å². The molecule has 1 unspecified atom stereocenters. The summed E-state index contributed by atoms with van der Waals surface area (Å²) in [5, 5.41) is 0. The number of rotatable bonds is 6. The maximum Gasteiger partial charge on any atom is 0.416 e. The molecule has 2 atom stereocenters. The second kappa shape index (κ2) is 10.6. The van der Waals surface area contributed by atoms with Crippen LogP contribution in [0.4, 0.5) is 13.2 Å². The Bertz CT molecular complexity index is 1040. The number of halogens is 3. The van der Waals surface area contributed by atoms with E-state index < -0.39 is 11.7 Å². The van der Waals surface area contributed by atoms with Crippen LogP contribution < -0.4 is 10.5 Å². The maximum atomic E-state index is 13.0. The molecule has 5 nitrogen and oxygen atoms in total. The lowest BCUT2D eigenvalue weighted by atomic mass is 9.86. The lowest BCUT2D eigenvalue weighted by molar-refractivity contribution is -0.137. The van der Waals surface area contributed by atoms with Gasteiger partial charge in [-0.25, -0.2) is 0 Å². The van der Waals surface area contributed by atoms with Gasteiger partial charge in [-0.15, -0.1) is 0 Å². The minimum atomic E-state index is -4.41. The van der Waals surface area contributed by atoms with Gasteiger partial charge in [-0.05, 0) is 93.1 Å². The number of carbonyl (C=O) groups excluding carboxylic acids is 1. The van der Waals surface area contributed by atoms with Crippen LogP contribution in [0.5, 0.6) is 5.75 Å². The quantitative estimate of drug-likeness (QED) is 0.574. The van der Waals surface area contributed by atoms with Gasteiger partial charge in [-0.3, -0.25) is 9.69 Å². The monoisotopic (exact) mass is 489 g/mol. The van der Waals surface area contributed by atoms with Gasteiger partial charge in [0.25, 0.3) is 5.91 Å². The summed E-state index contributed by atoms with van der Waals surface area (Å²) in [6.45, 7) is 7.35. The number of ether oxygens (including phenoxy) is 1. The Morgan fingerprint density at radius 2 is 1.80 bits per heavy atom. The Labute approximate surface area is 205 Å². The summed E-state index contributed by atoms with van der Waals surface area (Å²) in [7, 11) is 0. The van der Waals surface area contributed by atoms with Crippen LogP contribution in [-0.4, -0.2) is 54.5 Å². The summed E-state index contributed by atoms with van der Waals surface area (Å²) in [5.74, 6) is 0.700. The van der Waals surface area contributed by atoms with Crippen molar-refractivity contribution >= 4 is 5.91 Å². The summed E-state index contributed by atoms with van der Waals surface area (Å²) in [5.41, 5.74) is 8.83. The Hall–Kier alpha value is -2.58. The fourth-order valence-corrected chi connectivity index (χ4v) is 5.35. The van der Waals surface area contributed by atoms with Gasteiger partial charge in [-0.2, -0.15) is 13.2 Å². The molecule has 2 aliphatic rings. The Kier molecular flexibility index (Phi) is 7.71. The van der Waals surface area contributed by atoms with Crippen LogP contribution in [0.3, 0.4) is 0 Å². The molecule has 0 spiro atoms. The van der Waals surface area contributed by atoms with Crippen molar-refractivity contribution < 1.29 is 22.7 Å². The van der Waals surface area contributed by atoms with Crippen molar-refractivity contribution in [1.82, 2.24) is 9.80 Å². The first-order valence-corrected chi connectivity index (χ1v) is 12.4. The molecule has 35 heavy (non-hydrogen) atoms. The third-order valence-corrected chi connectivity index (χ3v) is 7.43. The highest BCUT2D eigenvalue weighted by Crippen LogP contribution is 2.39. The molecule has 0 bridgehead atoms. The fourth-order valence-electron chi connectivity index (χ4n) is 5.35. The number of nitrogens with zero attached hydrogens (tertiary/aromatic N) is 2. The van der Waals surface area contributed by atoms with Gasteiger partial charge in [-0.1, -0.05) is 6.07 Å². The van der Waals surface area contributed by atoms with Gasteiger partial charge in [0, 0.05) is 37.3 Å². The summed E-state index contributed by atoms with van der Waals surface area (Å²) in [4.78, 5) is 17.3. The summed E-state index contributed by atoms with van der Waals surface area (Å²) < 4.78 is 44.5. The van der Waals surface area contributed by atoms with Gasteiger partial charge in [0.05, 0.1) is 12.2 Å². The molecule has 2 aromatic carbocycles. The number of hydrogen-bond acceptors (Lipinski definition) is 4. The zero-order valence-corrected chi connectivity index (χ0v) is 20.4. The number of hydrogen-bond donors (Lipinski definition) is 1. The Morgan fingerprint density at radius 1 is 1.06 bits per heavy atom. The highest BCUT2D eigenvalue weighted by atomic mass is 19.4. The van der Waals surface area contributed by atoms with Gasteiger partial charge in [0.15, 0.2) is 0 Å². The number of benzene rings is 2. The number of amides is 1. The van der Waals surface area contributed by atoms with E-state index in [0.29, 0.717) is 31.8 Å². The molecule has 2 heterocycles. The zero-order chi connectivity index (χ0) is 25.2. The summed E-state index contributed by atoms with van der Waals surface area (Å²) in [6.07, 6.45) is -0.445. The highest BCUT2D eigenvalue weighted by molar-refractivity contribution is 5.94. The number of fused-ring (bicyclic) bond motifs is 1. The van der Waals surface area contributed by atoms with E-state index in [1.807, 2.05) is 0 Å². The van der Waals surface area contributed by atoms with Gasteiger partial charge in [0.1, 0.15) is 5.75 Å². The van der Waals surface area contributed by atoms with Gasteiger partial charge < -0.3 is 15.4 Å². The normalized spacial score (nSPS) is 21.0. The molecule has 1 amide bonds. The molecule has 190 valence electrons. The number of piperidine rings is 1. The topological polar surface area (TPSA) is 58.8 Å². The average molecular weight is 490 g/mol. The van der Waals surface area contributed by atoms with E-state index in [0.717, 1.165) is 55.7 Å². The lowest BCUT2D eigenvalue weighted by Gasteiger charge is -2.49. The second-order valence-electron chi connectivity index (χ2n) is 9.56. The molecule has 4 rings (SSSR count). The van der Waals surface area contributed by atoms with Crippen molar-refractivity contribution in [3.8, 4) is 5.75 Å². The molecule has 2 saturated heterocycles. The number of alkyl halides is 3. The Morgan fingerprint density at radius 3 is 2.49 bits per heavy atom. The predicted octanol–water partition coefficient (Wildman–Crippen LogP) is 5.10. The molecular weight excluding hydrogens is 455 g/mol. The standard InChI is InChI=1S/C27H34F3N3O2/c1-18-19(2)25(35-16-4-13-31)12-11-23(18)24-6-3-5-22-17-32(14-15-33(22)24)26(34)20-7-9-21(10-8-20)27(28,29)30/h7-12,22,24H,3-6,13-17,31H2,1-2H3/t22-,24?/m0/s1. The lowest BCUT2D eigenvalue weighted by Crippen LogP contribution is -2.57. The molecule has 0 saturated carbocycles. The number of carbonyl (C=O) groups is 1. The molecule has 2 aliphatic heterocycles. The molecule has 0 aromatic heterocycles. The smallest absolute Gasteiger partial charge is 0.416 e. The van der Waals surface area contributed by atoms with Crippen LogP contribution in [0.15, 0.2) is 36.4 Å². The van der Waals surface area contributed by atoms with Crippen LogP contribution in [0.1, 0.15) is 64.3 Å². The number of piperazine rings is 1. The first-order valence-electron chi connectivity index (χ1n) is 12.4. The third-order valence-electron chi connectivity index (χ3n) is 7.43. The predicted molar refractivity (Wildman–Crippen MR) is 130 cm³/mol. The molecule has 8 heteroatoms. The largest absolute Gasteiger partial charge is 0.493 e. The van der Waals surface area contributed by atoms with Crippen molar-refractivity contribution in [2.45, 2.75) is 57.8 Å². The minimum absolute atomic E-state index is 0.202. The van der Waals surface area contributed by atoms with Gasteiger partial charge in [0.2, 0.25) is 0 Å². The number of nitrogens with two attached hydrogens (primary N) is 1. The van der Waals surface area contributed by atoms with Gasteiger partial charge >= 0.3 is 6.18 Å². The molecule has 0 radical (unpaired) electrons. The van der Waals surface area contributed by atoms with E-state index in [9.17, 15) is 18.0 Å². The van der Waals surface area contributed by atoms with Crippen molar-refractivity contribution in [2.24, 2.45) is 5.73 Å². The van der Waals surface area contributed by atoms with Crippen molar-refractivity contribution in [3.05, 3.63) is 64.2 Å². The minimum Gasteiger partial charge on any atom is -0.493 e.